The molecule has 0 atom stereocenters. The number of benzene rings is 1. The van der Waals surface area contributed by atoms with E-state index < -0.39 is 4.92 Å². The van der Waals surface area contributed by atoms with Gasteiger partial charge in [0.1, 0.15) is 5.52 Å². The molecule has 5 heteroatoms. The molecule has 1 radical (unpaired) electrons. The van der Waals surface area contributed by atoms with Crippen molar-refractivity contribution in [3.8, 4) is 0 Å². The average Bonchev–Trinajstić information content (AvgIpc) is 2.59. The number of nitrogens with one attached hydrogen (secondary N) is 1. The van der Waals surface area contributed by atoms with Crippen molar-refractivity contribution in [2.75, 3.05) is 0 Å². The maximum absolute atomic E-state index is 10.7. The Labute approximate surface area is 84.6 Å². The molecule has 0 fully saturated rings. The zero-order chi connectivity index (χ0) is 10.1. The molecule has 0 saturated heterocycles. The Morgan fingerprint density at radius 1 is 1.50 bits per heavy atom. The quantitative estimate of drug-likeness (QED) is 0.611. The van der Waals surface area contributed by atoms with E-state index in [1.807, 2.05) is 0 Å². The summed E-state index contributed by atoms with van der Waals surface area (Å²) in [5, 5.41) is 11.4. The van der Waals surface area contributed by atoms with Gasteiger partial charge in [0.25, 0.3) is 5.69 Å². The van der Waals surface area contributed by atoms with Gasteiger partial charge in [0, 0.05) is 17.1 Å². The summed E-state index contributed by atoms with van der Waals surface area (Å²) >= 11 is 5.50. The first-order valence-electron chi connectivity index (χ1n) is 3.92. The standard InChI is InChI=1S/C9H6ClN2O2/c10-5-7-4-6-2-1-3-8(12(13)14)9(6)11-7/h1-5,11H. The van der Waals surface area contributed by atoms with Crippen LogP contribution in [-0.4, -0.2) is 9.91 Å². The highest BCUT2D eigenvalue weighted by Gasteiger charge is 2.13. The summed E-state index contributed by atoms with van der Waals surface area (Å²) in [5.74, 6) is 1.35. The number of hydrogen-bond acceptors (Lipinski definition) is 2. The molecule has 0 aliphatic heterocycles. The van der Waals surface area contributed by atoms with E-state index in [-0.39, 0.29) is 5.69 Å². The highest BCUT2D eigenvalue weighted by molar-refractivity contribution is 6.25. The number of rotatable bonds is 2. The summed E-state index contributed by atoms with van der Waals surface area (Å²) < 4.78 is 0. The number of hydrogen-bond donors (Lipinski definition) is 1. The van der Waals surface area contributed by atoms with Gasteiger partial charge in [-0.25, -0.2) is 0 Å². The second-order valence-corrected chi connectivity index (χ2v) is 3.05. The van der Waals surface area contributed by atoms with E-state index in [0.29, 0.717) is 11.2 Å². The van der Waals surface area contributed by atoms with Crippen LogP contribution in [0.15, 0.2) is 24.3 Å². The molecule has 0 aliphatic rings. The van der Waals surface area contributed by atoms with Crippen LogP contribution in [0.1, 0.15) is 5.69 Å². The fourth-order valence-electron chi connectivity index (χ4n) is 1.37. The van der Waals surface area contributed by atoms with Gasteiger partial charge < -0.3 is 4.98 Å². The second kappa shape index (κ2) is 3.31. The minimum Gasteiger partial charge on any atom is -0.351 e. The van der Waals surface area contributed by atoms with Crippen molar-refractivity contribution in [1.29, 1.82) is 0 Å². The maximum Gasteiger partial charge on any atom is 0.293 e. The summed E-state index contributed by atoms with van der Waals surface area (Å²) in [7, 11) is 0. The number of halogens is 1. The first kappa shape index (κ1) is 9.02. The third-order valence-electron chi connectivity index (χ3n) is 1.97. The summed E-state index contributed by atoms with van der Waals surface area (Å²) in [6, 6.07) is 6.65. The van der Waals surface area contributed by atoms with Crippen molar-refractivity contribution in [2.24, 2.45) is 0 Å². The Hall–Kier alpha value is -1.55. The molecular weight excluding hydrogens is 204 g/mol. The minimum absolute atomic E-state index is 0.0623. The van der Waals surface area contributed by atoms with Crippen molar-refractivity contribution in [3.63, 3.8) is 0 Å². The molecule has 71 valence electrons. The molecule has 0 saturated carbocycles. The molecule has 0 spiro atoms. The summed E-state index contributed by atoms with van der Waals surface area (Å²) in [6.07, 6.45) is 0. The molecule has 4 nitrogen and oxygen atoms in total. The Kier molecular flexibility index (Phi) is 2.13. The molecule has 1 N–H and O–H groups in total. The van der Waals surface area contributed by atoms with Crippen LogP contribution in [-0.2, 0) is 0 Å². The Morgan fingerprint density at radius 3 is 2.93 bits per heavy atom. The molecule has 0 aliphatic carbocycles. The van der Waals surface area contributed by atoms with Crippen LogP contribution in [0.2, 0.25) is 0 Å². The summed E-state index contributed by atoms with van der Waals surface area (Å²) in [5.41, 5.74) is 1.23. The van der Waals surface area contributed by atoms with Gasteiger partial charge >= 0.3 is 0 Å². The fourth-order valence-corrected chi connectivity index (χ4v) is 1.49. The van der Waals surface area contributed by atoms with E-state index in [0.717, 1.165) is 5.39 Å². The fraction of sp³-hybridized carbons (Fsp3) is 0. The average molecular weight is 210 g/mol. The Morgan fingerprint density at radius 2 is 2.29 bits per heavy atom. The number of nitro groups is 1. The van der Waals surface area contributed by atoms with Crippen LogP contribution in [0, 0.1) is 16.0 Å². The molecule has 0 bridgehead atoms. The van der Waals surface area contributed by atoms with Gasteiger partial charge in [0.05, 0.1) is 10.8 Å². The lowest BCUT2D eigenvalue weighted by Gasteiger charge is -1.92. The lowest BCUT2D eigenvalue weighted by atomic mass is 10.2. The van der Waals surface area contributed by atoms with Gasteiger partial charge in [-0.2, -0.15) is 0 Å². The van der Waals surface area contributed by atoms with E-state index >= 15 is 0 Å². The van der Waals surface area contributed by atoms with E-state index in [1.165, 1.54) is 11.9 Å². The zero-order valence-corrected chi connectivity index (χ0v) is 7.78. The molecule has 14 heavy (non-hydrogen) atoms. The highest BCUT2D eigenvalue weighted by Crippen LogP contribution is 2.26. The molecule has 2 rings (SSSR count). The SMILES string of the molecule is O=[N+]([O-])c1cccc2cc([CH]Cl)[nH]c12. The van der Waals surface area contributed by atoms with Crippen molar-refractivity contribution in [1.82, 2.24) is 4.98 Å². The number of nitrogens with zero attached hydrogens (tertiary/aromatic N) is 1. The molecule has 0 amide bonds. The Bertz CT molecular complexity index is 493. The monoisotopic (exact) mass is 209 g/mol. The summed E-state index contributed by atoms with van der Waals surface area (Å²) in [6.45, 7) is 0. The zero-order valence-electron chi connectivity index (χ0n) is 7.03. The van der Waals surface area contributed by atoms with Crippen LogP contribution in [0.5, 0.6) is 0 Å². The normalized spacial score (nSPS) is 10.6. The van der Waals surface area contributed by atoms with Gasteiger partial charge in [0.2, 0.25) is 0 Å². The van der Waals surface area contributed by atoms with Crippen molar-refractivity contribution >= 4 is 28.2 Å². The number of H-pyrrole nitrogens is 1. The number of para-hydroxylation sites is 1. The third-order valence-corrected chi connectivity index (χ3v) is 2.20. The number of fused-ring (bicyclic) bond motifs is 1. The van der Waals surface area contributed by atoms with Crippen LogP contribution < -0.4 is 0 Å². The van der Waals surface area contributed by atoms with E-state index in [4.69, 9.17) is 11.6 Å². The van der Waals surface area contributed by atoms with Gasteiger partial charge in [0.15, 0.2) is 0 Å². The highest BCUT2D eigenvalue weighted by atomic mass is 35.5. The lowest BCUT2D eigenvalue weighted by Crippen LogP contribution is -1.88. The first-order valence-corrected chi connectivity index (χ1v) is 4.35. The Balaban J connectivity index is 2.73. The number of aromatic amines is 1. The van der Waals surface area contributed by atoms with Gasteiger partial charge in [-0.05, 0) is 6.07 Å². The number of non-ortho nitro benzene ring substituents is 1. The second-order valence-electron chi connectivity index (χ2n) is 2.83. The summed E-state index contributed by atoms with van der Waals surface area (Å²) in [4.78, 5) is 13.1. The number of nitro benzene ring substituents is 1. The molecule has 2 aromatic rings. The number of aromatic nitrogens is 1. The predicted octanol–water partition coefficient (Wildman–Crippen LogP) is 2.82. The van der Waals surface area contributed by atoms with E-state index in [9.17, 15) is 10.1 Å². The van der Waals surface area contributed by atoms with Crippen LogP contribution in [0.3, 0.4) is 0 Å². The molecule has 1 heterocycles. The largest absolute Gasteiger partial charge is 0.351 e. The van der Waals surface area contributed by atoms with Gasteiger partial charge in [-0.3, -0.25) is 10.1 Å². The first-order chi connectivity index (χ1) is 6.72. The van der Waals surface area contributed by atoms with Crippen LogP contribution in [0.25, 0.3) is 10.9 Å². The van der Waals surface area contributed by atoms with Gasteiger partial charge in [-0.15, -0.1) is 11.6 Å². The maximum atomic E-state index is 10.7. The van der Waals surface area contributed by atoms with E-state index in [2.05, 4.69) is 4.98 Å². The van der Waals surface area contributed by atoms with E-state index in [1.54, 1.807) is 18.2 Å². The third kappa shape index (κ3) is 1.33. The smallest absolute Gasteiger partial charge is 0.293 e. The molecule has 1 aromatic heterocycles. The minimum atomic E-state index is -0.420. The topological polar surface area (TPSA) is 58.9 Å². The lowest BCUT2D eigenvalue weighted by molar-refractivity contribution is -0.383. The molecule has 0 unspecified atom stereocenters. The molecular formula is C9H6ClN2O2. The van der Waals surface area contributed by atoms with Crippen LogP contribution in [0.4, 0.5) is 5.69 Å². The predicted molar refractivity (Wildman–Crippen MR) is 54.2 cm³/mol. The van der Waals surface area contributed by atoms with Crippen molar-refractivity contribution < 1.29 is 4.92 Å². The van der Waals surface area contributed by atoms with Crippen LogP contribution >= 0.6 is 11.6 Å². The molecule has 1 aromatic carbocycles. The van der Waals surface area contributed by atoms with Crippen molar-refractivity contribution in [2.45, 2.75) is 0 Å². The van der Waals surface area contributed by atoms with Gasteiger partial charge in [-0.1, -0.05) is 12.1 Å². The van der Waals surface area contributed by atoms with Crippen molar-refractivity contribution in [3.05, 3.63) is 46.0 Å².